The van der Waals surface area contributed by atoms with Gasteiger partial charge in [-0.3, -0.25) is 4.79 Å². The summed E-state index contributed by atoms with van der Waals surface area (Å²) in [5.74, 6) is 1.82. The Morgan fingerprint density at radius 3 is 2.43 bits per heavy atom. The van der Waals surface area contributed by atoms with Crippen LogP contribution in [0.4, 0.5) is 0 Å². The lowest BCUT2D eigenvalue weighted by Crippen LogP contribution is -2.37. The fourth-order valence-corrected chi connectivity index (χ4v) is 3.75. The van der Waals surface area contributed by atoms with Crippen LogP contribution in [-0.4, -0.2) is 29.9 Å². The molecule has 21 heavy (non-hydrogen) atoms. The van der Waals surface area contributed by atoms with Crippen LogP contribution >= 0.6 is 0 Å². The third-order valence-electron chi connectivity index (χ3n) is 5.41. The Morgan fingerprint density at radius 1 is 1.14 bits per heavy atom. The van der Waals surface area contributed by atoms with E-state index in [0.29, 0.717) is 17.9 Å². The van der Waals surface area contributed by atoms with Crippen molar-refractivity contribution in [3.05, 3.63) is 0 Å². The molecular weight excluding hydrogens is 260 g/mol. The molecule has 0 aromatic rings. The van der Waals surface area contributed by atoms with E-state index < -0.39 is 0 Å². The van der Waals surface area contributed by atoms with Gasteiger partial charge in [-0.2, -0.15) is 0 Å². The highest BCUT2D eigenvalue weighted by molar-refractivity contribution is 5.76. The number of nitrogens with zero attached hydrogens (tertiary/aromatic N) is 1. The average Bonchev–Trinajstić information content (AvgIpc) is 3.34. The van der Waals surface area contributed by atoms with Gasteiger partial charge in [0.05, 0.1) is 0 Å². The molecule has 0 heterocycles. The van der Waals surface area contributed by atoms with E-state index in [4.69, 9.17) is 5.73 Å². The van der Waals surface area contributed by atoms with Gasteiger partial charge in [0.15, 0.2) is 0 Å². The molecule has 0 aliphatic heterocycles. The first-order valence-electron chi connectivity index (χ1n) is 9.24. The van der Waals surface area contributed by atoms with E-state index in [1.165, 1.54) is 44.9 Å². The fraction of sp³-hybridized carbons (Fsp3) is 0.944. The molecular formula is C18H34N2O. The van der Waals surface area contributed by atoms with E-state index in [9.17, 15) is 4.79 Å². The summed E-state index contributed by atoms with van der Waals surface area (Å²) in [5.41, 5.74) is 5.66. The molecule has 2 aliphatic rings. The molecule has 0 spiro atoms. The van der Waals surface area contributed by atoms with Crippen molar-refractivity contribution in [1.82, 2.24) is 4.90 Å². The van der Waals surface area contributed by atoms with E-state index in [2.05, 4.69) is 11.8 Å². The van der Waals surface area contributed by atoms with Crippen molar-refractivity contribution in [3.63, 3.8) is 0 Å². The molecule has 1 atom stereocenters. The molecule has 2 fully saturated rings. The summed E-state index contributed by atoms with van der Waals surface area (Å²) in [5, 5.41) is 0. The van der Waals surface area contributed by atoms with Crippen LogP contribution in [-0.2, 0) is 4.79 Å². The van der Waals surface area contributed by atoms with Crippen LogP contribution < -0.4 is 5.73 Å². The number of amides is 1. The lowest BCUT2D eigenvalue weighted by molar-refractivity contribution is -0.133. The molecule has 0 saturated heterocycles. The first kappa shape index (κ1) is 16.8. The quantitative estimate of drug-likeness (QED) is 0.704. The van der Waals surface area contributed by atoms with Crippen LogP contribution in [0, 0.1) is 11.8 Å². The SMILES string of the molecule is CCC(CCN)CCC(=O)N(CC1CCCCC1)C1CC1. The van der Waals surface area contributed by atoms with Crippen molar-refractivity contribution in [1.29, 1.82) is 0 Å². The fourth-order valence-electron chi connectivity index (χ4n) is 3.75. The van der Waals surface area contributed by atoms with Gasteiger partial charge >= 0.3 is 0 Å². The van der Waals surface area contributed by atoms with Gasteiger partial charge in [-0.1, -0.05) is 32.6 Å². The van der Waals surface area contributed by atoms with Crippen molar-refractivity contribution < 1.29 is 4.79 Å². The van der Waals surface area contributed by atoms with Gasteiger partial charge in [-0.05, 0) is 56.9 Å². The summed E-state index contributed by atoms with van der Waals surface area (Å²) in [4.78, 5) is 14.9. The molecule has 0 aromatic heterocycles. The second-order valence-electron chi connectivity index (χ2n) is 7.17. The average molecular weight is 294 g/mol. The molecule has 3 heteroatoms. The zero-order chi connectivity index (χ0) is 15.1. The molecule has 1 amide bonds. The zero-order valence-corrected chi connectivity index (χ0v) is 13.9. The summed E-state index contributed by atoms with van der Waals surface area (Å²) in [7, 11) is 0. The lowest BCUT2D eigenvalue weighted by atomic mass is 9.88. The predicted molar refractivity (Wildman–Crippen MR) is 88.0 cm³/mol. The summed E-state index contributed by atoms with van der Waals surface area (Å²) < 4.78 is 0. The van der Waals surface area contributed by atoms with Crippen LogP contribution in [0.5, 0.6) is 0 Å². The zero-order valence-electron chi connectivity index (χ0n) is 13.9. The summed E-state index contributed by atoms with van der Waals surface area (Å²) in [6.07, 6.45) is 13.2. The van der Waals surface area contributed by atoms with Gasteiger partial charge < -0.3 is 10.6 Å². The highest BCUT2D eigenvalue weighted by Gasteiger charge is 2.34. The smallest absolute Gasteiger partial charge is 0.222 e. The molecule has 3 nitrogen and oxygen atoms in total. The van der Waals surface area contributed by atoms with Crippen molar-refractivity contribution >= 4 is 5.91 Å². The number of nitrogens with two attached hydrogens (primary N) is 1. The predicted octanol–water partition coefficient (Wildman–Crippen LogP) is 3.71. The van der Waals surface area contributed by atoms with Crippen molar-refractivity contribution in [2.45, 2.75) is 83.6 Å². The van der Waals surface area contributed by atoms with Crippen molar-refractivity contribution in [3.8, 4) is 0 Å². The van der Waals surface area contributed by atoms with Crippen LogP contribution in [0.15, 0.2) is 0 Å². The topological polar surface area (TPSA) is 46.3 Å². The molecule has 122 valence electrons. The number of carbonyl (C=O) groups excluding carboxylic acids is 1. The number of hydrogen-bond donors (Lipinski definition) is 1. The first-order valence-corrected chi connectivity index (χ1v) is 9.24. The van der Waals surface area contributed by atoms with Gasteiger partial charge in [-0.25, -0.2) is 0 Å². The number of carbonyl (C=O) groups is 1. The van der Waals surface area contributed by atoms with Gasteiger partial charge in [0.2, 0.25) is 5.91 Å². The van der Waals surface area contributed by atoms with Gasteiger partial charge in [0.25, 0.3) is 0 Å². The largest absolute Gasteiger partial charge is 0.339 e. The maximum Gasteiger partial charge on any atom is 0.222 e. The number of hydrogen-bond acceptors (Lipinski definition) is 2. The minimum Gasteiger partial charge on any atom is -0.339 e. The normalized spacial score (nSPS) is 21.2. The Kier molecular flexibility index (Phi) is 7.01. The monoisotopic (exact) mass is 294 g/mol. The van der Waals surface area contributed by atoms with Gasteiger partial charge in [0.1, 0.15) is 0 Å². The molecule has 2 saturated carbocycles. The maximum atomic E-state index is 12.6. The van der Waals surface area contributed by atoms with Gasteiger partial charge in [-0.15, -0.1) is 0 Å². The molecule has 2 aliphatic carbocycles. The Labute approximate surface area is 130 Å². The van der Waals surface area contributed by atoms with Crippen molar-refractivity contribution in [2.75, 3.05) is 13.1 Å². The van der Waals surface area contributed by atoms with Crippen LogP contribution in [0.2, 0.25) is 0 Å². The third-order valence-corrected chi connectivity index (χ3v) is 5.41. The molecule has 0 bridgehead atoms. The van der Waals surface area contributed by atoms with Crippen LogP contribution in [0.3, 0.4) is 0 Å². The highest BCUT2D eigenvalue weighted by atomic mass is 16.2. The van der Waals surface area contributed by atoms with Crippen LogP contribution in [0.1, 0.15) is 77.6 Å². The third kappa shape index (κ3) is 5.61. The molecule has 1 unspecified atom stereocenters. The number of rotatable bonds is 9. The summed E-state index contributed by atoms with van der Waals surface area (Å²) in [6.45, 7) is 4.00. The van der Waals surface area contributed by atoms with Crippen molar-refractivity contribution in [2.24, 2.45) is 17.6 Å². The highest BCUT2D eigenvalue weighted by Crippen LogP contribution is 2.32. The Morgan fingerprint density at radius 2 is 1.86 bits per heavy atom. The first-order chi connectivity index (χ1) is 10.2. The maximum absolute atomic E-state index is 12.6. The van der Waals surface area contributed by atoms with E-state index in [1.54, 1.807) is 0 Å². The second-order valence-corrected chi connectivity index (χ2v) is 7.17. The summed E-state index contributed by atoms with van der Waals surface area (Å²) >= 11 is 0. The van der Waals surface area contributed by atoms with E-state index in [0.717, 1.165) is 44.7 Å². The standard InChI is InChI=1S/C18H34N2O/c1-2-15(12-13-19)8-11-18(21)20(17-9-10-17)14-16-6-4-3-5-7-16/h15-17H,2-14,19H2,1H3. The Hall–Kier alpha value is -0.570. The van der Waals surface area contributed by atoms with E-state index in [1.807, 2.05) is 0 Å². The van der Waals surface area contributed by atoms with Crippen LogP contribution in [0.25, 0.3) is 0 Å². The molecule has 2 N–H and O–H groups in total. The van der Waals surface area contributed by atoms with E-state index >= 15 is 0 Å². The molecule has 2 rings (SSSR count). The second kappa shape index (κ2) is 8.77. The van der Waals surface area contributed by atoms with E-state index in [-0.39, 0.29) is 0 Å². The summed E-state index contributed by atoms with van der Waals surface area (Å²) in [6, 6.07) is 0.578. The Bertz CT molecular complexity index is 308. The molecule has 0 aromatic carbocycles. The lowest BCUT2D eigenvalue weighted by Gasteiger charge is -2.30. The minimum absolute atomic E-state index is 0.415. The minimum atomic E-state index is 0.415. The Balaban J connectivity index is 1.78. The molecule has 0 radical (unpaired) electrons. The van der Waals surface area contributed by atoms with Gasteiger partial charge in [0, 0.05) is 19.0 Å².